The first-order valence-electron chi connectivity index (χ1n) is 7.87. The highest BCUT2D eigenvalue weighted by Crippen LogP contribution is 2.35. The Labute approximate surface area is 148 Å². The van der Waals surface area contributed by atoms with Crippen LogP contribution in [0.5, 0.6) is 11.5 Å². The fraction of sp³-hybridized carbons (Fsp3) is 0.222. The molecule has 0 saturated heterocycles. The fourth-order valence-corrected chi connectivity index (χ4v) is 2.55. The van der Waals surface area contributed by atoms with Gasteiger partial charge in [-0.25, -0.2) is 8.78 Å². The third-order valence-electron chi connectivity index (χ3n) is 3.84. The maximum atomic E-state index is 13.6. The molecular weight excluding hydrogens is 346 g/mol. The fourth-order valence-electron chi connectivity index (χ4n) is 2.55. The molecule has 0 aromatic heterocycles. The molecule has 2 aromatic rings. The second-order valence-corrected chi connectivity index (χ2v) is 5.60. The van der Waals surface area contributed by atoms with Gasteiger partial charge in [0.05, 0.1) is 0 Å². The molecule has 1 aliphatic heterocycles. The van der Waals surface area contributed by atoms with Crippen molar-refractivity contribution in [2.45, 2.75) is 13.3 Å². The number of hydrogen-bond donors (Lipinski definition) is 1. The van der Waals surface area contributed by atoms with Crippen LogP contribution in [0.25, 0.3) is 0 Å². The van der Waals surface area contributed by atoms with Gasteiger partial charge in [0.1, 0.15) is 17.3 Å². The average molecular weight is 362 g/mol. The summed E-state index contributed by atoms with van der Waals surface area (Å²) in [5, 5.41) is 2.19. The van der Waals surface area contributed by atoms with Gasteiger partial charge in [-0.2, -0.15) is 0 Å². The van der Waals surface area contributed by atoms with E-state index in [1.807, 2.05) is 0 Å². The Morgan fingerprint density at radius 3 is 2.50 bits per heavy atom. The predicted molar refractivity (Wildman–Crippen MR) is 90.2 cm³/mol. The Balaban J connectivity index is 1.67. The van der Waals surface area contributed by atoms with Crippen molar-refractivity contribution in [2.24, 2.45) is 0 Å². The number of hydrogen-bond acceptors (Lipinski definition) is 4. The van der Waals surface area contributed by atoms with Gasteiger partial charge in [0.15, 0.2) is 11.5 Å². The molecule has 0 spiro atoms. The molecule has 0 aliphatic carbocycles. The lowest BCUT2D eigenvalue weighted by Gasteiger charge is -2.21. The number of carbonyl (C=O) groups is 2. The minimum atomic E-state index is -0.863. The number of nitrogens with zero attached hydrogens (tertiary/aromatic N) is 1. The zero-order valence-corrected chi connectivity index (χ0v) is 13.9. The van der Waals surface area contributed by atoms with Gasteiger partial charge in [0, 0.05) is 31.6 Å². The van der Waals surface area contributed by atoms with Crippen LogP contribution in [0.4, 0.5) is 20.2 Å². The van der Waals surface area contributed by atoms with E-state index in [0.29, 0.717) is 17.2 Å². The molecule has 0 unspecified atom stereocenters. The zero-order chi connectivity index (χ0) is 18.7. The van der Waals surface area contributed by atoms with Crippen molar-refractivity contribution in [3.05, 3.63) is 48.0 Å². The lowest BCUT2D eigenvalue weighted by molar-refractivity contribution is -0.117. The van der Waals surface area contributed by atoms with Crippen LogP contribution in [0, 0.1) is 11.6 Å². The van der Waals surface area contributed by atoms with Crippen LogP contribution in [-0.2, 0) is 9.59 Å². The van der Waals surface area contributed by atoms with Crippen molar-refractivity contribution in [2.75, 3.05) is 23.6 Å². The van der Waals surface area contributed by atoms with Gasteiger partial charge in [0.2, 0.25) is 18.6 Å². The van der Waals surface area contributed by atoms with Crippen LogP contribution in [-0.4, -0.2) is 25.2 Å². The van der Waals surface area contributed by atoms with Gasteiger partial charge in [-0.1, -0.05) is 6.07 Å². The molecule has 0 saturated carbocycles. The second-order valence-electron chi connectivity index (χ2n) is 5.60. The van der Waals surface area contributed by atoms with Gasteiger partial charge in [-0.15, -0.1) is 0 Å². The normalized spacial score (nSPS) is 12.0. The largest absolute Gasteiger partial charge is 0.454 e. The first kappa shape index (κ1) is 17.7. The lowest BCUT2D eigenvalue weighted by atomic mass is 10.2. The Morgan fingerprint density at radius 2 is 1.81 bits per heavy atom. The van der Waals surface area contributed by atoms with Gasteiger partial charge in [-0.3, -0.25) is 9.59 Å². The van der Waals surface area contributed by atoms with Crippen molar-refractivity contribution in [1.82, 2.24) is 0 Å². The van der Waals surface area contributed by atoms with Gasteiger partial charge < -0.3 is 19.7 Å². The number of ether oxygens (including phenoxy) is 2. The van der Waals surface area contributed by atoms with Crippen molar-refractivity contribution in [1.29, 1.82) is 0 Å². The number of halogens is 2. The van der Waals surface area contributed by atoms with E-state index in [4.69, 9.17) is 9.47 Å². The maximum absolute atomic E-state index is 13.6. The third kappa shape index (κ3) is 3.74. The van der Waals surface area contributed by atoms with E-state index in [-0.39, 0.29) is 25.7 Å². The van der Waals surface area contributed by atoms with E-state index in [1.165, 1.54) is 17.9 Å². The summed E-state index contributed by atoms with van der Waals surface area (Å²) in [5.74, 6) is -1.54. The van der Waals surface area contributed by atoms with E-state index in [0.717, 1.165) is 12.1 Å². The molecule has 0 bridgehead atoms. The summed E-state index contributed by atoms with van der Waals surface area (Å²) in [4.78, 5) is 25.3. The lowest BCUT2D eigenvalue weighted by Crippen LogP contribution is -2.32. The maximum Gasteiger partial charge on any atom is 0.231 e. The Hall–Kier alpha value is -3.16. The van der Waals surface area contributed by atoms with Gasteiger partial charge in [-0.05, 0) is 24.3 Å². The smallest absolute Gasteiger partial charge is 0.231 e. The van der Waals surface area contributed by atoms with Crippen LogP contribution in [0.1, 0.15) is 13.3 Å². The van der Waals surface area contributed by atoms with Gasteiger partial charge >= 0.3 is 0 Å². The molecule has 1 aliphatic rings. The van der Waals surface area contributed by atoms with E-state index in [9.17, 15) is 18.4 Å². The standard InChI is InChI=1S/C18H16F2N2O4/c1-11(23)22(12-5-6-15-16(9-12)26-10-25-15)8-7-17(24)21-18-13(19)3-2-4-14(18)20/h2-6,9H,7-8,10H2,1H3,(H,21,24). The average Bonchev–Trinajstić information content (AvgIpc) is 3.06. The second kappa shape index (κ2) is 7.38. The monoisotopic (exact) mass is 362 g/mol. The van der Waals surface area contributed by atoms with E-state index < -0.39 is 23.2 Å². The van der Waals surface area contributed by atoms with Crippen LogP contribution >= 0.6 is 0 Å². The summed E-state index contributed by atoms with van der Waals surface area (Å²) in [6.45, 7) is 1.51. The molecule has 2 aromatic carbocycles. The molecule has 1 N–H and O–H groups in total. The number of para-hydroxylation sites is 1. The van der Waals surface area contributed by atoms with Crippen LogP contribution in [0.2, 0.25) is 0 Å². The van der Waals surface area contributed by atoms with Crippen LogP contribution in [0.3, 0.4) is 0 Å². The highest BCUT2D eigenvalue weighted by Gasteiger charge is 2.19. The van der Waals surface area contributed by atoms with Crippen LogP contribution < -0.4 is 19.7 Å². The Bertz CT molecular complexity index is 837. The predicted octanol–water partition coefficient (Wildman–Crippen LogP) is 3.08. The molecule has 2 amide bonds. The summed E-state index contributed by atoms with van der Waals surface area (Å²) >= 11 is 0. The molecule has 3 rings (SSSR count). The topological polar surface area (TPSA) is 67.9 Å². The molecule has 0 atom stereocenters. The zero-order valence-electron chi connectivity index (χ0n) is 13.9. The number of rotatable bonds is 5. The number of carbonyl (C=O) groups excluding carboxylic acids is 2. The highest BCUT2D eigenvalue weighted by atomic mass is 19.1. The molecule has 136 valence electrons. The van der Waals surface area contributed by atoms with E-state index in [1.54, 1.807) is 18.2 Å². The number of benzene rings is 2. The first-order chi connectivity index (χ1) is 12.5. The number of nitrogens with one attached hydrogen (secondary N) is 1. The van der Waals surface area contributed by atoms with Crippen molar-refractivity contribution >= 4 is 23.2 Å². The van der Waals surface area contributed by atoms with E-state index in [2.05, 4.69) is 5.32 Å². The minimum Gasteiger partial charge on any atom is -0.454 e. The summed E-state index contributed by atoms with van der Waals surface area (Å²) < 4.78 is 37.7. The molecule has 0 radical (unpaired) electrons. The van der Waals surface area contributed by atoms with E-state index >= 15 is 0 Å². The molecular formula is C18H16F2N2O4. The van der Waals surface area contributed by atoms with Gasteiger partial charge in [0.25, 0.3) is 0 Å². The molecule has 6 nitrogen and oxygen atoms in total. The molecule has 26 heavy (non-hydrogen) atoms. The third-order valence-corrected chi connectivity index (χ3v) is 3.84. The summed E-state index contributed by atoms with van der Waals surface area (Å²) in [6, 6.07) is 8.28. The first-order valence-corrected chi connectivity index (χ1v) is 7.87. The van der Waals surface area contributed by atoms with Crippen molar-refractivity contribution in [3.63, 3.8) is 0 Å². The number of anilines is 2. The molecule has 0 fully saturated rings. The SMILES string of the molecule is CC(=O)N(CCC(=O)Nc1c(F)cccc1F)c1ccc2c(c1)OCO2. The Kier molecular flexibility index (Phi) is 5.01. The number of fused-ring (bicyclic) bond motifs is 1. The highest BCUT2D eigenvalue weighted by molar-refractivity contribution is 5.95. The molecule has 8 heteroatoms. The van der Waals surface area contributed by atoms with Crippen molar-refractivity contribution in [3.8, 4) is 11.5 Å². The Morgan fingerprint density at radius 1 is 1.12 bits per heavy atom. The summed E-state index contributed by atoms with van der Waals surface area (Å²) in [7, 11) is 0. The van der Waals surface area contributed by atoms with Crippen molar-refractivity contribution < 1.29 is 27.8 Å². The number of amides is 2. The van der Waals surface area contributed by atoms with Crippen LogP contribution in [0.15, 0.2) is 36.4 Å². The quantitative estimate of drug-likeness (QED) is 0.888. The summed E-state index contributed by atoms with van der Waals surface area (Å²) in [6.07, 6.45) is -0.137. The summed E-state index contributed by atoms with van der Waals surface area (Å²) in [5.41, 5.74) is 0.0292. The molecule has 1 heterocycles. The minimum absolute atomic E-state index is 0.0386.